The summed E-state index contributed by atoms with van der Waals surface area (Å²) >= 11 is 1.51. The van der Waals surface area contributed by atoms with E-state index in [9.17, 15) is 4.79 Å². The van der Waals surface area contributed by atoms with Gasteiger partial charge in [0.2, 0.25) is 4.96 Å². The number of carbonyl (C=O) groups excluding carboxylic acids is 1. The third-order valence-electron chi connectivity index (χ3n) is 3.30. The lowest BCUT2D eigenvalue weighted by Crippen LogP contribution is -1.98. The second kappa shape index (κ2) is 5.88. The van der Waals surface area contributed by atoms with E-state index in [-0.39, 0.29) is 0 Å². The van der Waals surface area contributed by atoms with Gasteiger partial charge < -0.3 is 4.74 Å². The maximum Gasteiger partial charge on any atom is 0.213 e. The largest absolute Gasteiger partial charge is 0.493 e. The number of nitrogens with zero attached hydrogens (tertiary/aromatic N) is 3. The molecule has 0 N–H and O–H groups in total. The predicted molar refractivity (Wildman–Crippen MR) is 86.9 cm³/mol. The first-order chi connectivity index (χ1) is 10.7. The van der Waals surface area contributed by atoms with Crippen molar-refractivity contribution in [2.45, 2.75) is 26.7 Å². The summed E-state index contributed by atoms with van der Waals surface area (Å²) < 4.78 is 7.27. The van der Waals surface area contributed by atoms with Crippen molar-refractivity contribution in [3.05, 3.63) is 35.0 Å². The van der Waals surface area contributed by atoms with Crippen molar-refractivity contribution >= 4 is 22.6 Å². The molecule has 0 atom stereocenters. The summed E-state index contributed by atoms with van der Waals surface area (Å²) in [6.07, 6.45) is 0.807. The molecule has 3 aromatic rings. The minimum Gasteiger partial charge on any atom is -0.493 e. The van der Waals surface area contributed by atoms with Crippen molar-refractivity contribution in [2.75, 3.05) is 6.61 Å². The smallest absolute Gasteiger partial charge is 0.213 e. The van der Waals surface area contributed by atoms with E-state index in [0.717, 1.165) is 27.6 Å². The van der Waals surface area contributed by atoms with Crippen LogP contribution in [0.2, 0.25) is 0 Å². The predicted octanol–water partition coefficient (Wildman–Crippen LogP) is 3.79. The van der Waals surface area contributed by atoms with E-state index in [4.69, 9.17) is 4.74 Å². The molecule has 0 spiro atoms. The van der Waals surface area contributed by atoms with Gasteiger partial charge in [0.25, 0.3) is 0 Å². The van der Waals surface area contributed by atoms with Crippen LogP contribution in [0.4, 0.5) is 0 Å². The second-order valence-electron chi connectivity index (χ2n) is 5.18. The number of aromatic nitrogens is 3. The highest BCUT2D eigenvalue weighted by molar-refractivity contribution is 7.16. The Kier molecular flexibility index (Phi) is 3.94. The Labute approximate surface area is 132 Å². The molecule has 22 heavy (non-hydrogen) atoms. The molecule has 0 fully saturated rings. The standard InChI is InChI=1S/C16H17N3O2S/c1-4-21-13-8-6-5-7-11(13)14-12(9-20)19-16(17-14)22-15(18-19)10(2)3/h5-10H,4H2,1-3H3. The highest BCUT2D eigenvalue weighted by Crippen LogP contribution is 2.33. The minimum absolute atomic E-state index is 0.311. The molecule has 2 aromatic heterocycles. The van der Waals surface area contributed by atoms with E-state index < -0.39 is 0 Å². The molecule has 114 valence electrons. The van der Waals surface area contributed by atoms with Gasteiger partial charge in [-0.15, -0.1) is 0 Å². The van der Waals surface area contributed by atoms with Crippen molar-refractivity contribution in [1.29, 1.82) is 0 Å². The summed E-state index contributed by atoms with van der Waals surface area (Å²) in [7, 11) is 0. The summed E-state index contributed by atoms with van der Waals surface area (Å²) in [6, 6.07) is 7.61. The van der Waals surface area contributed by atoms with Crippen LogP contribution in [0, 0.1) is 0 Å². The van der Waals surface area contributed by atoms with Crippen LogP contribution in [0.3, 0.4) is 0 Å². The van der Waals surface area contributed by atoms with Crippen molar-refractivity contribution in [3.8, 4) is 17.0 Å². The van der Waals surface area contributed by atoms with E-state index in [1.54, 1.807) is 4.52 Å². The van der Waals surface area contributed by atoms with Gasteiger partial charge >= 0.3 is 0 Å². The number of ether oxygens (including phenoxy) is 1. The third kappa shape index (κ3) is 2.39. The van der Waals surface area contributed by atoms with Crippen LogP contribution in [0.1, 0.15) is 42.2 Å². The van der Waals surface area contributed by atoms with Crippen LogP contribution in [-0.4, -0.2) is 27.5 Å². The van der Waals surface area contributed by atoms with Crippen LogP contribution in [0.15, 0.2) is 24.3 Å². The number of carbonyl (C=O) groups is 1. The van der Waals surface area contributed by atoms with Gasteiger partial charge in [-0.1, -0.05) is 37.3 Å². The first-order valence-corrected chi connectivity index (χ1v) is 8.04. The first-order valence-electron chi connectivity index (χ1n) is 7.22. The maximum absolute atomic E-state index is 11.6. The molecule has 0 unspecified atom stereocenters. The number of fused-ring (bicyclic) bond motifs is 1. The third-order valence-corrected chi connectivity index (χ3v) is 4.51. The van der Waals surface area contributed by atoms with Gasteiger partial charge in [-0.05, 0) is 19.1 Å². The molecule has 0 radical (unpaired) electrons. The lowest BCUT2D eigenvalue weighted by molar-refractivity contribution is 0.111. The summed E-state index contributed by atoms with van der Waals surface area (Å²) in [5, 5.41) is 5.47. The van der Waals surface area contributed by atoms with Crippen molar-refractivity contribution in [2.24, 2.45) is 0 Å². The molecular formula is C16H17N3O2S. The van der Waals surface area contributed by atoms with Crippen LogP contribution < -0.4 is 4.74 Å². The van der Waals surface area contributed by atoms with Crippen molar-refractivity contribution < 1.29 is 9.53 Å². The quantitative estimate of drug-likeness (QED) is 0.672. The van der Waals surface area contributed by atoms with Gasteiger partial charge in [0, 0.05) is 11.5 Å². The number of hydrogen-bond donors (Lipinski definition) is 0. The fourth-order valence-corrected chi connectivity index (χ4v) is 3.17. The number of hydrogen-bond acceptors (Lipinski definition) is 5. The van der Waals surface area contributed by atoms with E-state index in [1.807, 2.05) is 31.2 Å². The molecular weight excluding hydrogens is 298 g/mol. The Hall–Kier alpha value is -2.21. The number of para-hydroxylation sites is 1. The van der Waals surface area contributed by atoms with Crippen molar-refractivity contribution in [3.63, 3.8) is 0 Å². The summed E-state index contributed by atoms with van der Waals surface area (Å²) in [5.74, 6) is 1.04. The Morgan fingerprint density at radius 1 is 1.36 bits per heavy atom. The molecule has 1 aromatic carbocycles. The number of benzene rings is 1. The molecule has 3 rings (SSSR count). The SMILES string of the molecule is CCOc1ccccc1-c1nc2sc(C(C)C)nn2c1C=O. The molecule has 0 saturated heterocycles. The molecule has 0 saturated carbocycles. The van der Waals surface area contributed by atoms with Gasteiger partial charge in [-0.2, -0.15) is 9.61 Å². The monoisotopic (exact) mass is 315 g/mol. The summed E-state index contributed by atoms with van der Waals surface area (Å²) in [4.78, 5) is 16.9. The van der Waals surface area contributed by atoms with E-state index >= 15 is 0 Å². The maximum atomic E-state index is 11.6. The molecule has 5 nitrogen and oxygen atoms in total. The van der Waals surface area contributed by atoms with Gasteiger partial charge in [0.05, 0.1) is 6.61 Å². The molecule has 0 bridgehead atoms. The summed E-state index contributed by atoms with van der Waals surface area (Å²) in [6.45, 7) is 6.64. The van der Waals surface area contributed by atoms with Crippen molar-refractivity contribution in [1.82, 2.24) is 14.6 Å². The normalized spacial score (nSPS) is 11.3. The van der Waals surface area contributed by atoms with Gasteiger partial charge in [-0.25, -0.2) is 4.98 Å². The van der Waals surface area contributed by atoms with E-state index in [1.165, 1.54) is 11.3 Å². The molecule has 0 aliphatic carbocycles. The number of rotatable bonds is 5. The first kappa shape index (κ1) is 14.7. The molecule has 0 amide bonds. The van der Waals surface area contributed by atoms with Gasteiger partial charge in [0.15, 0.2) is 6.29 Å². The van der Waals surface area contributed by atoms with Gasteiger partial charge in [0.1, 0.15) is 22.1 Å². The van der Waals surface area contributed by atoms with Crippen LogP contribution in [0.25, 0.3) is 16.2 Å². The molecule has 2 heterocycles. The Morgan fingerprint density at radius 3 is 2.82 bits per heavy atom. The Balaban J connectivity index is 2.19. The zero-order valence-electron chi connectivity index (χ0n) is 12.7. The van der Waals surface area contributed by atoms with E-state index in [2.05, 4.69) is 23.9 Å². The van der Waals surface area contributed by atoms with Crippen LogP contribution in [0.5, 0.6) is 5.75 Å². The van der Waals surface area contributed by atoms with Crippen LogP contribution >= 0.6 is 11.3 Å². The average molecular weight is 315 g/mol. The Morgan fingerprint density at radius 2 is 2.14 bits per heavy atom. The number of aldehydes is 1. The minimum atomic E-state index is 0.311. The van der Waals surface area contributed by atoms with Gasteiger partial charge in [-0.3, -0.25) is 4.79 Å². The lowest BCUT2D eigenvalue weighted by atomic mass is 10.1. The summed E-state index contributed by atoms with van der Waals surface area (Å²) in [5.41, 5.74) is 1.90. The highest BCUT2D eigenvalue weighted by atomic mass is 32.1. The Bertz CT molecular complexity index is 820. The zero-order valence-corrected chi connectivity index (χ0v) is 13.6. The second-order valence-corrected chi connectivity index (χ2v) is 6.17. The fraction of sp³-hybridized carbons (Fsp3) is 0.312. The van der Waals surface area contributed by atoms with E-state index in [0.29, 0.717) is 23.9 Å². The molecule has 0 aliphatic heterocycles. The fourth-order valence-electron chi connectivity index (χ4n) is 2.26. The average Bonchev–Trinajstić information content (AvgIpc) is 3.05. The topological polar surface area (TPSA) is 56.5 Å². The highest BCUT2D eigenvalue weighted by Gasteiger charge is 2.20. The zero-order chi connectivity index (χ0) is 15.7. The van der Waals surface area contributed by atoms with Crippen LogP contribution in [-0.2, 0) is 0 Å². The molecule has 0 aliphatic rings. The lowest BCUT2D eigenvalue weighted by Gasteiger charge is -2.08. The molecule has 6 heteroatoms. The number of imidazole rings is 1.